The monoisotopic (exact) mass is 339 g/mol. The van der Waals surface area contributed by atoms with Crippen LogP contribution in [0.2, 0.25) is 0 Å². The smallest absolute Gasteiger partial charge is 0.203 e. The van der Waals surface area contributed by atoms with Crippen molar-refractivity contribution in [2.24, 2.45) is 10.8 Å². The maximum atomic E-state index is 13.4. The van der Waals surface area contributed by atoms with E-state index in [0.717, 1.165) is 17.7 Å². The lowest BCUT2D eigenvalue weighted by Crippen LogP contribution is -2.23. The second-order valence-corrected chi connectivity index (χ2v) is 4.88. The largest absolute Gasteiger partial charge is 0.486 e. The molecular formula is C15H12F3N3OS. The van der Waals surface area contributed by atoms with Crippen LogP contribution in [0.4, 0.5) is 13.2 Å². The summed E-state index contributed by atoms with van der Waals surface area (Å²) in [5.41, 5.74) is 9.13. The van der Waals surface area contributed by atoms with Crippen molar-refractivity contribution in [3.8, 4) is 5.75 Å². The minimum absolute atomic E-state index is 0.00452. The molecule has 120 valence electrons. The normalized spacial score (nSPS) is 10.7. The Kier molecular flexibility index (Phi) is 5.53. The number of benzene rings is 2. The van der Waals surface area contributed by atoms with Crippen LogP contribution in [0.15, 0.2) is 41.5 Å². The van der Waals surface area contributed by atoms with Crippen molar-refractivity contribution in [2.45, 2.75) is 6.61 Å². The van der Waals surface area contributed by atoms with Gasteiger partial charge in [-0.15, -0.1) is 0 Å². The molecular weight excluding hydrogens is 327 g/mol. The Hall–Kier alpha value is -2.61. The van der Waals surface area contributed by atoms with Gasteiger partial charge in [0.15, 0.2) is 22.5 Å². The molecule has 0 aliphatic heterocycles. The summed E-state index contributed by atoms with van der Waals surface area (Å²) in [4.78, 5) is 0. The Morgan fingerprint density at radius 2 is 1.83 bits per heavy atom. The van der Waals surface area contributed by atoms with E-state index >= 15 is 0 Å². The van der Waals surface area contributed by atoms with Crippen LogP contribution in [0.3, 0.4) is 0 Å². The predicted molar refractivity (Wildman–Crippen MR) is 84.6 cm³/mol. The third kappa shape index (κ3) is 4.68. The number of ether oxygens (including phenoxy) is 1. The highest BCUT2D eigenvalue weighted by Crippen LogP contribution is 2.22. The minimum atomic E-state index is -1.56. The number of halogens is 3. The van der Waals surface area contributed by atoms with Gasteiger partial charge >= 0.3 is 0 Å². The second-order valence-electron chi connectivity index (χ2n) is 4.44. The Labute approximate surface area is 135 Å². The van der Waals surface area contributed by atoms with Crippen LogP contribution in [0, 0.1) is 17.5 Å². The van der Waals surface area contributed by atoms with Crippen LogP contribution < -0.4 is 15.9 Å². The molecule has 23 heavy (non-hydrogen) atoms. The van der Waals surface area contributed by atoms with E-state index in [9.17, 15) is 13.2 Å². The molecule has 0 heterocycles. The van der Waals surface area contributed by atoms with Gasteiger partial charge in [-0.25, -0.2) is 8.78 Å². The van der Waals surface area contributed by atoms with Crippen molar-refractivity contribution in [1.82, 2.24) is 5.43 Å². The third-order valence-electron chi connectivity index (χ3n) is 2.76. The summed E-state index contributed by atoms with van der Waals surface area (Å²) in [6.45, 7) is 0.00452. The Morgan fingerprint density at radius 3 is 2.48 bits per heavy atom. The molecule has 0 radical (unpaired) electrons. The van der Waals surface area contributed by atoms with Crippen LogP contribution in [0.1, 0.15) is 11.1 Å². The summed E-state index contributed by atoms with van der Waals surface area (Å²) >= 11 is 4.60. The summed E-state index contributed by atoms with van der Waals surface area (Å²) in [5.74, 6) is -4.52. The van der Waals surface area contributed by atoms with Crippen molar-refractivity contribution in [1.29, 1.82) is 0 Å². The zero-order valence-corrected chi connectivity index (χ0v) is 12.5. The number of hydrogen-bond acceptors (Lipinski definition) is 3. The number of nitrogens with one attached hydrogen (secondary N) is 1. The molecule has 3 N–H and O–H groups in total. The van der Waals surface area contributed by atoms with Crippen LogP contribution >= 0.6 is 12.2 Å². The fourth-order valence-electron chi connectivity index (χ4n) is 1.65. The van der Waals surface area contributed by atoms with Crippen LogP contribution in [-0.2, 0) is 6.61 Å². The van der Waals surface area contributed by atoms with Gasteiger partial charge in [0, 0.05) is 0 Å². The van der Waals surface area contributed by atoms with Crippen LogP contribution in [0.5, 0.6) is 5.75 Å². The number of thiocarbonyl (C=S) groups is 1. The summed E-state index contributed by atoms with van der Waals surface area (Å²) < 4.78 is 44.5. The highest BCUT2D eigenvalue weighted by molar-refractivity contribution is 7.80. The lowest BCUT2D eigenvalue weighted by atomic mass is 10.1. The highest BCUT2D eigenvalue weighted by Gasteiger charge is 2.14. The van der Waals surface area contributed by atoms with E-state index in [1.54, 1.807) is 24.3 Å². The first-order valence-electron chi connectivity index (χ1n) is 6.41. The van der Waals surface area contributed by atoms with Crippen LogP contribution in [0.25, 0.3) is 0 Å². The molecule has 0 atom stereocenters. The van der Waals surface area contributed by atoms with E-state index in [0.29, 0.717) is 5.56 Å². The first-order valence-corrected chi connectivity index (χ1v) is 6.82. The zero-order valence-electron chi connectivity index (χ0n) is 11.7. The summed E-state index contributed by atoms with van der Waals surface area (Å²) in [6.07, 6.45) is 1.51. The van der Waals surface area contributed by atoms with Crippen molar-refractivity contribution < 1.29 is 17.9 Å². The van der Waals surface area contributed by atoms with Gasteiger partial charge < -0.3 is 10.5 Å². The lowest BCUT2D eigenvalue weighted by molar-refractivity contribution is 0.281. The molecule has 0 aromatic heterocycles. The topological polar surface area (TPSA) is 59.6 Å². The molecule has 4 nitrogen and oxygen atoms in total. The first kappa shape index (κ1) is 16.8. The molecule has 0 spiro atoms. The summed E-state index contributed by atoms with van der Waals surface area (Å²) in [5, 5.41) is 3.85. The van der Waals surface area contributed by atoms with Gasteiger partial charge in [-0.2, -0.15) is 9.49 Å². The van der Waals surface area contributed by atoms with Gasteiger partial charge in [-0.05, 0) is 35.5 Å². The average Bonchev–Trinajstić information content (AvgIpc) is 2.53. The lowest BCUT2D eigenvalue weighted by Gasteiger charge is -2.08. The molecule has 8 heteroatoms. The SMILES string of the molecule is NC(=S)NN=Cc1ccc(COc2ccc(F)c(F)c2F)cc1. The molecule has 0 fully saturated rings. The molecule has 0 unspecified atom stereocenters. The number of nitrogens with two attached hydrogens (primary N) is 1. The molecule has 2 aromatic carbocycles. The summed E-state index contributed by atoms with van der Waals surface area (Å²) in [6, 6.07) is 8.77. The van der Waals surface area contributed by atoms with Gasteiger partial charge in [-0.1, -0.05) is 24.3 Å². The van der Waals surface area contributed by atoms with E-state index in [2.05, 4.69) is 22.7 Å². The highest BCUT2D eigenvalue weighted by atomic mass is 32.1. The van der Waals surface area contributed by atoms with E-state index in [-0.39, 0.29) is 17.5 Å². The van der Waals surface area contributed by atoms with Gasteiger partial charge in [0.05, 0.1) is 6.21 Å². The van der Waals surface area contributed by atoms with Crippen molar-refractivity contribution >= 4 is 23.5 Å². The van der Waals surface area contributed by atoms with E-state index in [1.165, 1.54) is 6.21 Å². The maximum Gasteiger partial charge on any atom is 0.203 e. The van der Waals surface area contributed by atoms with Crippen LogP contribution in [-0.4, -0.2) is 11.3 Å². The Bertz CT molecular complexity index is 735. The number of rotatable bonds is 5. The Morgan fingerprint density at radius 1 is 1.13 bits per heavy atom. The molecule has 0 aliphatic rings. The Balaban J connectivity index is 1.98. The minimum Gasteiger partial charge on any atom is -0.486 e. The van der Waals surface area contributed by atoms with Gasteiger partial charge in [0.1, 0.15) is 6.61 Å². The summed E-state index contributed by atoms with van der Waals surface area (Å²) in [7, 11) is 0. The van der Waals surface area contributed by atoms with Gasteiger partial charge in [0.2, 0.25) is 5.82 Å². The van der Waals surface area contributed by atoms with Crippen molar-refractivity contribution in [3.05, 3.63) is 65.0 Å². The molecule has 0 bridgehead atoms. The van der Waals surface area contributed by atoms with Crippen molar-refractivity contribution in [3.63, 3.8) is 0 Å². The quantitative estimate of drug-likeness (QED) is 0.381. The standard InChI is InChI=1S/C15H12F3N3OS/c16-11-5-6-12(14(18)13(11)17)22-8-10-3-1-9(2-4-10)7-20-21-15(19)23/h1-7H,8H2,(H3,19,21,23). The van der Waals surface area contributed by atoms with E-state index in [4.69, 9.17) is 10.5 Å². The maximum absolute atomic E-state index is 13.4. The van der Waals surface area contributed by atoms with Gasteiger partial charge in [0.25, 0.3) is 0 Å². The fraction of sp³-hybridized carbons (Fsp3) is 0.0667. The van der Waals surface area contributed by atoms with Crippen molar-refractivity contribution in [2.75, 3.05) is 0 Å². The predicted octanol–water partition coefficient (Wildman–Crippen LogP) is 2.85. The third-order valence-corrected chi connectivity index (χ3v) is 2.85. The molecule has 0 amide bonds. The first-order chi connectivity index (χ1) is 11.0. The second kappa shape index (κ2) is 7.59. The van der Waals surface area contributed by atoms with E-state index < -0.39 is 17.5 Å². The zero-order chi connectivity index (χ0) is 16.8. The molecule has 0 saturated heterocycles. The molecule has 0 saturated carbocycles. The fourth-order valence-corrected chi connectivity index (χ4v) is 1.70. The molecule has 2 aromatic rings. The number of nitrogens with zero attached hydrogens (tertiary/aromatic N) is 1. The molecule has 2 rings (SSSR count). The number of hydrazone groups is 1. The number of hydrogen-bond donors (Lipinski definition) is 2. The molecule has 0 aliphatic carbocycles. The van der Waals surface area contributed by atoms with Gasteiger partial charge in [-0.3, -0.25) is 5.43 Å². The van der Waals surface area contributed by atoms with E-state index in [1.807, 2.05) is 0 Å². The average molecular weight is 339 g/mol.